The summed E-state index contributed by atoms with van der Waals surface area (Å²) in [6.07, 6.45) is 4.44. The first-order chi connectivity index (χ1) is 14.2. The van der Waals surface area contributed by atoms with Crippen LogP contribution in [0.25, 0.3) is 21.5 Å². The average molecular weight is 469 g/mol. The number of aromatic nitrogens is 2. The summed E-state index contributed by atoms with van der Waals surface area (Å²) in [4.78, 5) is 22.1. The number of likely N-dealkylation sites (N-methyl/N-ethyl adjacent to an activating group) is 1. The second-order valence-corrected chi connectivity index (χ2v) is 8.71. The Hall–Kier alpha value is -2.48. The topological polar surface area (TPSA) is 69.8 Å². The van der Waals surface area contributed by atoms with E-state index in [2.05, 4.69) is 48.7 Å². The third-order valence-corrected chi connectivity index (χ3v) is 6.78. The van der Waals surface area contributed by atoms with Gasteiger partial charge in [-0.3, -0.25) is 4.79 Å². The maximum absolute atomic E-state index is 13.0. The lowest BCUT2D eigenvalue weighted by molar-refractivity contribution is 0.0941. The minimum Gasteiger partial charge on any atom is -0.347 e. The number of hydrogen-bond acceptors (Lipinski definition) is 4. The lowest BCUT2D eigenvalue weighted by Crippen LogP contribution is -2.42. The summed E-state index contributed by atoms with van der Waals surface area (Å²) >= 11 is 5.12. The Bertz CT molecular complexity index is 1120. The molecule has 0 spiro atoms. The number of nitrogens with zero attached hydrogens (tertiary/aromatic N) is 1. The summed E-state index contributed by atoms with van der Waals surface area (Å²) in [5, 5.41) is 7.39. The molecule has 0 fully saturated rings. The van der Waals surface area contributed by atoms with Gasteiger partial charge in [-0.15, -0.1) is 11.3 Å². The van der Waals surface area contributed by atoms with Gasteiger partial charge in [0.25, 0.3) is 5.91 Å². The Labute approximate surface area is 181 Å². The average Bonchev–Trinajstić information content (AvgIpc) is 3.35. The maximum Gasteiger partial charge on any atom is 0.261 e. The van der Waals surface area contributed by atoms with Gasteiger partial charge in [-0.1, -0.05) is 30.3 Å². The molecule has 0 unspecified atom stereocenters. The van der Waals surface area contributed by atoms with Crippen molar-refractivity contribution in [2.24, 2.45) is 0 Å². The number of halogens is 1. The van der Waals surface area contributed by atoms with Crippen LogP contribution in [0.3, 0.4) is 0 Å². The fourth-order valence-electron chi connectivity index (χ4n) is 3.40. The molecule has 1 aromatic carbocycles. The number of aromatic amines is 1. The first-order valence-electron chi connectivity index (χ1n) is 9.37. The van der Waals surface area contributed by atoms with Crippen LogP contribution in [0.1, 0.15) is 15.2 Å². The predicted molar refractivity (Wildman–Crippen MR) is 122 cm³/mol. The van der Waals surface area contributed by atoms with E-state index < -0.39 is 0 Å². The van der Waals surface area contributed by atoms with Crippen LogP contribution in [0.15, 0.2) is 65.4 Å². The summed E-state index contributed by atoms with van der Waals surface area (Å²) in [5.74, 6) is -0.0579. The maximum atomic E-state index is 13.0. The third kappa shape index (κ3) is 4.42. The van der Waals surface area contributed by atoms with Gasteiger partial charge in [0, 0.05) is 40.4 Å². The van der Waals surface area contributed by atoms with E-state index in [1.165, 1.54) is 16.9 Å². The zero-order valence-corrected chi connectivity index (χ0v) is 18.3. The lowest BCUT2D eigenvalue weighted by atomic mass is 10.1. The Kier molecular flexibility index (Phi) is 6.08. The molecule has 0 radical (unpaired) electrons. The van der Waals surface area contributed by atoms with Crippen molar-refractivity contribution < 1.29 is 4.79 Å². The van der Waals surface area contributed by atoms with Gasteiger partial charge in [-0.25, -0.2) is 4.98 Å². The quantitative estimate of drug-likeness (QED) is 0.370. The van der Waals surface area contributed by atoms with Crippen LogP contribution in [-0.2, 0) is 6.42 Å². The van der Waals surface area contributed by atoms with Gasteiger partial charge in [-0.2, -0.15) is 0 Å². The monoisotopic (exact) mass is 468 g/mol. The van der Waals surface area contributed by atoms with Crippen molar-refractivity contribution in [3.8, 4) is 10.4 Å². The van der Waals surface area contributed by atoms with E-state index in [1.807, 2.05) is 49.6 Å². The molecule has 5 nitrogen and oxygen atoms in total. The van der Waals surface area contributed by atoms with Crippen molar-refractivity contribution in [3.05, 3.63) is 75.8 Å². The molecule has 0 aliphatic carbocycles. The van der Waals surface area contributed by atoms with Gasteiger partial charge < -0.3 is 15.6 Å². The van der Waals surface area contributed by atoms with Crippen LogP contribution in [0.2, 0.25) is 0 Å². The summed E-state index contributed by atoms with van der Waals surface area (Å²) in [6.45, 7) is 0.703. The molecule has 3 aromatic heterocycles. The Balaban J connectivity index is 1.56. The van der Waals surface area contributed by atoms with E-state index in [9.17, 15) is 4.79 Å². The molecule has 0 aliphatic rings. The van der Waals surface area contributed by atoms with Crippen molar-refractivity contribution in [3.63, 3.8) is 0 Å². The molecule has 29 heavy (non-hydrogen) atoms. The SMILES string of the molecule is CNC[C@@H](Cc1ccccc1)NC(=O)c1cc(Br)c(-c2ccnc3[nH]ccc23)s1. The van der Waals surface area contributed by atoms with Crippen LogP contribution in [0, 0.1) is 0 Å². The molecule has 3 N–H and O–H groups in total. The first kappa shape index (κ1) is 19.8. The number of rotatable bonds is 7. The highest BCUT2D eigenvalue weighted by atomic mass is 79.9. The molecule has 0 bridgehead atoms. The van der Waals surface area contributed by atoms with Gasteiger partial charge in [0.15, 0.2) is 0 Å². The molecule has 148 valence electrons. The highest BCUT2D eigenvalue weighted by Gasteiger charge is 2.19. The van der Waals surface area contributed by atoms with Gasteiger partial charge in [-0.05, 0) is 53.2 Å². The van der Waals surface area contributed by atoms with Gasteiger partial charge in [0.2, 0.25) is 0 Å². The summed E-state index contributed by atoms with van der Waals surface area (Å²) in [5.41, 5.74) is 3.10. The van der Waals surface area contributed by atoms with E-state index in [-0.39, 0.29) is 11.9 Å². The van der Waals surface area contributed by atoms with Crippen molar-refractivity contribution in [2.75, 3.05) is 13.6 Å². The second-order valence-electron chi connectivity index (χ2n) is 6.80. The third-order valence-electron chi connectivity index (χ3n) is 4.73. The highest BCUT2D eigenvalue weighted by Crippen LogP contribution is 2.39. The standard InChI is InChI=1S/C22H21BrN4OS/c1-24-13-15(11-14-5-3-2-4-6-14)27-22(28)19-12-18(23)20(29-19)16-7-9-25-21-17(16)8-10-26-21/h2-10,12,15,24H,11,13H2,1H3,(H,25,26)(H,27,28)/t15-/m1/s1. The highest BCUT2D eigenvalue weighted by molar-refractivity contribution is 9.10. The van der Waals surface area contributed by atoms with Crippen LogP contribution in [-0.4, -0.2) is 35.5 Å². The normalized spacial score (nSPS) is 12.2. The number of benzene rings is 1. The molecule has 0 saturated carbocycles. The number of carbonyl (C=O) groups excluding carboxylic acids is 1. The van der Waals surface area contributed by atoms with Crippen molar-refractivity contribution in [2.45, 2.75) is 12.5 Å². The van der Waals surface area contributed by atoms with Crippen LogP contribution < -0.4 is 10.6 Å². The van der Waals surface area contributed by atoms with E-state index in [0.29, 0.717) is 11.4 Å². The molecule has 7 heteroatoms. The van der Waals surface area contributed by atoms with Crippen LogP contribution in [0.4, 0.5) is 0 Å². The summed E-state index contributed by atoms with van der Waals surface area (Å²) < 4.78 is 0.912. The minimum atomic E-state index is -0.0579. The van der Waals surface area contributed by atoms with Gasteiger partial charge in [0.05, 0.1) is 9.75 Å². The largest absolute Gasteiger partial charge is 0.347 e. The molecular weight excluding hydrogens is 448 g/mol. The van der Waals surface area contributed by atoms with Crippen molar-refractivity contribution >= 4 is 44.2 Å². The number of hydrogen-bond donors (Lipinski definition) is 3. The van der Waals surface area contributed by atoms with Crippen LogP contribution >= 0.6 is 27.3 Å². The fraction of sp³-hybridized carbons (Fsp3) is 0.182. The van der Waals surface area contributed by atoms with Crippen molar-refractivity contribution in [1.82, 2.24) is 20.6 Å². The Morgan fingerprint density at radius 1 is 1.24 bits per heavy atom. The van der Waals surface area contributed by atoms with E-state index in [4.69, 9.17) is 0 Å². The Morgan fingerprint density at radius 3 is 2.86 bits per heavy atom. The molecule has 4 rings (SSSR count). The molecule has 0 saturated heterocycles. The Morgan fingerprint density at radius 2 is 2.07 bits per heavy atom. The molecule has 1 atom stereocenters. The smallest absolute Gasteiger partial charge is 0.261 e. The van der Waals surface area contributed by atoms with Crippen LogP contribution in [0.5, 0.6) is 0 Å². The molecule has 1 amide bonds. The number of nitrogens with one attached hydrogen (secondary N) is 3. The number of amides is 1. The number of carbonyl (C=O) groups is 1. The second kappa shape index (κ2) is 8.90. The predicted octanol–water partition coefficient (Wildman–Crippen LogP) is 4.61. The molecule has 0 aliphatic heterocycles. The zero-order chi connectivity index (χ0) is 20.2. The fourth-order valence-corrected chi connectivity index (χ4v) is 5.23. The van der Waals surface area contributed by atoms with Gasteiger partial charge in [0.1, 0.15) is 5.65 Å². The zero-order valence-electron chi connectivity index (χ0n) is 15.9. The lowest BCUT2D eigenvalue weighted by Gasteiger charge is -2.18. The van der Waals surface area contributed by atoms with E-state index in [1.54, 1.807) is 6.20 Å². The number of fused-ring (bicyclic) bond motifs is 1. The first-order valence-corrected chi connectivity index (χ1v) is 11.0. The molecular formula is C22H21BrN4OS. The number of thiophene rings is 1. The summed E-state index contributed by atoms with van der Waals surface area (Å²) in [7, 11) is 1.90. The number of pyridine rings is 1. The van der Waals surface area contributed by atoms with Crippen molar-refractivity contribution in [1.29, 1.82) is 0 Å². The minimum absolute atomic E-state index is 0.0107. The van der Waals surface area contributed by atoms with E-state index >= 15 is 0 Å². The van der Waals surface area contributed by atoms with E-state index in [0.717, 1.165) is 32.4 Å². The molecule has 3 heterocycles. The van der Waals surface area contributed by atoms with Gasteiger partial charge >= 0.3 is 0 Å². The number of H-pyrrole nitrogens is 1. The molecule has 4 aromatic rings. The summed E-state index contributed by atoms with van der Waals surface area (Å²) in [6, 6.07) is 16.1.